The van der Waals surface area contributed by atoms with E-state index in [0.717, 1.165) is 21.8 Å². The van der Waals surface area contributed by atoms with Crippen molar-refractivity contribution in [3.05, 3.63) is 63.5 Å². The second-order valence-electron chi connectivity index (χ2n) is 5.11. The van der Waals surface area contributed by atoms with Gasteiger partial charge in [0.15, 0.2) is 0 Å². The van der Waals surface area contributed by atoms with Crippen molar-refractivity contribution in [2.45, 2.75) is 13.8 Å². The molecule has 112 valence electrons. The van der Waals surface area contributed by atoms with Gasteiger partial charge in [-0.15, -0.1) is 11.3 Å². The van der Waals surface area contributed by atoms with E-state index >= 15 is 0 Å². The standard InChI is InChI=1S/C17H18N4S/c1-12-6-7-14(9-13(12)2)16-11-22-17(18-3)21(16)20-10-15-5-4-8-19-15/h4-11,19H,1-3H3/b18-17?,20-10-. The highest BCUT2D eigenvalue weighted by Crippen LogP contribution is 2.22. The fourth-order valence-electron chi connectivity index (χ4n) is 2.21. The fraction of sp³-hybridized carbons (Fsp3) is 0.176. The van der Waals surface area contributed by atoms with Crippen LogP contribution in [0.15, 0.2) is 52.0 Å². The van der Waals surface area contributed by atoms with Gasteiger partial charge in [-0.05, 0) is 43.2 Å². The molecule has 0 fully saturated rings. The van der Waals surface area contributed by atoms with Crippen molar-refractivity contribution in [1.29, 1.82) is 0 Å². The summed E-state index contributed by atoms with van der Waals surface area (Å²) in [6, 6.07) is 10.4. The topological polar surface area (TPSA) is 45.4 Å². The van der Waals surface area contributed by atoms with Crippen LogP contribution in [0.4, 0.5) is 0 Å². The van der Waals surface area contributed by atoms with Crippen molar-refractivity contribution in [2.75, 3.05) is 7.05 Å². The van der Waals surface area contributed by atoms with E-state index in [9.17, 15) is 0 Å². The Labute approximate surface area is 133 Å². The highest BCUT2D eigenvalue weighted by molar-refractivity contribution is 7.07. The van der Waals surface area contributed by atoms with Crippen LogP contribution in [0.1, 0.15) is 16.8 Å². The quantitative estimate of drug-likeness (QED) is 0.719. The molecule has 0 aliphatic heterocycles. The molecule has 4 nitrogen and oxygen atoms in total. The van der Waals surface area contributed by atoms with E-state index in [0.29, 0.717) is 0 Å². The largest absolute Gasteiger partial charge is 0.360 e. The zero-order valence-electron chi connectivity index (χ0n) is 12.9. The van der Waals surface area contributed by atoms with E-state index in [1.54, 1.807) is 18.4 Å². The number of aromatic amines is 1. The molecular formula is C17H18N4S. The highest BCUT2D eigenvalue weighted by Gasteiger charge is 2.08. The van der Waals surface area contributed by atoms with Crippen molar-refractivity contribution < 1.29 is 0 Å². The molecule has 0 amide bonds. The lowest BCUT2D eigenvalue weighted by Crippen LogP contribution is -2.11. The average molecular weight is 310 g/mol. The second-order valence-corrected chi connectivity index (χ2v) is 5.94. The molecule has 3 aromatic rings. The fourth-order valence-corrected chi connectivity index (χ4v) is 3.01. The minimum Gasteiger partial charge on any atom is -0.360 e. The molecule has 0 atom stereocenters. The lowest BCUT2D eigenvalue weighted by molar-refractivity contribution is 0.847. The molecule has 0 saturated carbocycles. The Kier molecular flexibility index (Phi) is 4.06. The van der Waals surface area contributed by atoms with Gasteiger partial charge in [0.25, 0.3) is 0 Å². The number of nitrogens with one attached hydrogen (secondary N) is 1. The van der Waals surface area contributed by atoms with Gasteiger partial charge < -0.3 is 4.98 Å². The number of rotatable bonds is 3. The summed E-state index contributed by atoms with van der Waals surface area (Å²) >= 11 is 1.59. The van der Waals surface area contributed by atoms with Crippen LogP contribution in [0.3, 0.4) is 0 Å². The Morgan fingerprint density at radius 3 is 2.73 bits per heavy atom. The molecule has 0 aliphatic rings. The maximum atomic E-state index is 4.59. The Morgan fingerprint density at radius 1 is 1.18 bits per heavy atom. The van der Waals surface area contributed by atoms with Gasteiger partial charge >= 0.3 is 0 Å². The van der Waals surface area contributed by atoms with Crippen LogP contribution in [0.25, 0.3) is 11.3 Å². The number of aryl methyl sites for hydroxylation is 2. The zero-order chi connectivity index (χ0) is 15.5. The molecule has 5 heteroatoms. The third-order valence-electron chi connectivity index (χ3n) is 3.61. The summed E-state index contributed by atoms with van der Waals surface area (Å²) in [6.07, 6.45) is 3.70. The van der Waals surface area contributed by atoms with Crippen molar-refractivity contribution in [3.8, 4) is 11.3 Å². The maximum absolute atomic E-state index is 4.59. The summed E-state index contributed by atoms with van der Waals surface area (Å²) in [4.78, 5) is 8.31. The molecule has 0 saturated heterocycles. The van der Waals surface area contributed by atoms with Crippen LogP contribution in [0.2, 0.25) is 0 Å². The van der Waals surface area contributed by atoms with E-state index in [1.807, 2.05) is 29.2 Å². The second kappa shape index (κ2) is 6.15. The van der Waals surface area contributed by atoms with Gasteiger partial charge in [0.1, 0.15) is 0 Å². The molecule has 1 aromatic carbocycles. The van der Waals surface area contributed by atoms with Crippen LogP contribution < -0.4 is 4.80 Å². The van der Waals surface area contributed by atoms with Crippen molar-refractivity contribution in [1.82, 2.24) is 9.66 Å². The van der Waals surface area contributed by atoms with Crippen LogP contribution in [0.5, 0.6) is 0 Å². The third-order valence-corrected chi connectivity index (χ3v) is 4.52. The van der Waals surface area contributed by atoms with Crippen LogP contribution in [0, 0.1) is 13.8 Å². The number of benzene rings is 1. The summed E-state index contributed by atoms with van der Waals surface area (Å²) in [5.74, 6) is 0. The number of hydrogen-bond donors (Lipinski definition) is 1. The monoisotopic (exact) mass is 310 g/mol. The first kappa shape index (κ1) is 14.5. The Balaban J connectivity index is 2.09. The van der Waals surface area contributed by atoms with Gasteiger partial charge in [0.2, 0.25) is 4.80 Å². The summed E-state index contributed by atoms with van der Waals surface area (Å²) in [7, 11) is 1.79. The molecular weight excluding hydrogens is 292 g/mol. The first-order chi connectivity index (χ1) is 10.7. The normalized spacial score (nSPS) is 12.4. The predicted octanol–water partition coefficient (Wildman–Crippen LogP) is 3.57. The average Bonchev–Trinajstić information content (AvgIpc) is 3.16. The predicted molar refractivity (Wildman–Crippen MR) is 92.5 cm³/mol. The van der Waals surface area contributed by atoms with Crippen LogP contribution in [-0.4, -0.2) is 22.9 Å². The number of H-pyrrole nitrogens is 1. The smallest absolute Gasteiger partial charge is 0.205 e. The zero-order valence-corrected chi connectivity index (χ0v) is 13.7. The van der Waals surface area contributed by atoms with Crippen LogP contribution >= 0.6 is 11.3 Å². The summed E-state index contributed by atoms with van der Waals surface area (Å²) < 4.78 is 1.88. The molecule has 0 spiro atoms. The van der Waals surface area contributed by atoms with Gasteiger partial charge in [-0.1, -0.05) is 12.1 Å². The molecule has 2 aromatic heterocycles. The van der Waals surface area contributed by atoms with Crippen molar-refractivity contribution in [2.24, 2.45) is 10.1 Å². The summed E-state index contributed by atoms with van der Waals surface area (Å²) in [5, 5.41) is 6.68. The van der Waals surface area contributed by atoms with Crippen LogP contribution in [-0.2, 0) is 0 Å². The maximum Gasteiger partial charge on any atom is 0.205 e. The Morgan fingerprint density at radius 2 is 2.05 bits per heavy atom. The molecule has 0 bridgehead atoms. The minimum absolute atomic E-state index is 0.871. The number of nitrogens with zero attached hydrogens (tertiary/aromatic N) is 3. The SMILES string of the molecule is CN=c1scc(-c2ccc(C)c(C)c2)n1/N=C\c1ccc[nH]1. The van der Waals surface area contributed by atoms with E-state index in [2.05, 4.69) is 52.5 Å². The minimum atomic E-state index is 0.871. The van der Waals surface area contributed by atoms with E-state index in [1.165, 1.54) is 11.1 Å². The molecule has 3 rings (SSSR count). The van der Waals surface area contributed by atoms with Gasteiger partial charge in [-0.25, -0.2) is 4.68 Å². The third kappa shape index (κ3) is 2.80. The first-order valence-electron chi connectivity index (χ1n) is 7.08. The lowest BCUT2D eigenvalue weighted by atomic mass is 10.1. The molecule has 22 heavy (non-hydrogen) atoms. The van der Waals surface area contributed by atoms with E-state index in [-0.39, 0.29) is 0 Å². The number of aromatic nitrogens is 2. The van der Waals surface area contributed by atoms with Gasteiger partial charge in [-0.3, -0.25) is 4.99 Å². The Bertz CT molecular complexity index is 866. The summed E-state index contributed by atoms with van der Waals surface area (Å²) in [5.41, 5.74) is 5.74. The van der Waals surface area contributed by atoms with Gasteiger partial charge in [0, 0.05) is 24.2 Å². The Hall–Kier alpha value is -2.40. The molecule has 1 N–H and O–H groups in total. The van der Waals surface area contributed by atoms with Gasteiger partial charge in [-0.2, -0.15) is 5.10 Å². The molecule has 0 unspecified atom stereocenters. The van der Waals surface area contributed by atoms with E-state index in [4.69, 9.17) is 0 Å². The molecule has 0 radical (unpaired) electrons. The van der Waals surface area contributed by atoms with Gasteiger partial charge in [0.05, 0.1) is 17.6 Å². The summed E-state index contributed by atoms with van der Waals surface area (Å²) in [6.45, 7) is 4.25. The van der Waals surface area contributed by atoms with Crippen molar-refractivity contribution >= 4 is 17.6 Å². The number of hydrogen-bond acceptors (Lipinski definition) is 3. The number of thiazole rings is 1. The first-order valence-corrected chi connectivity index (χ1v) is 7.96. The van der Waals surface area contributed by atoms with Crippen molar-refractivity contribution in [3.63, 3.8) is 0 Å². The van der Waals surface area contributed by atoms with E-state index < -0.39 is 0 Å². The molecule has 0 aliphatic carbocycles. The molecule has 2 heterocycles. The highest BCUT2D eigenvalue weighted by atomic mass is 32.1. The lowest BCUT2D eigenvalue weighted by Gasteiger charge is -2.06.